The van der Waals surface area contributed by atoms with Crippen molar-refractivity contribution in [2.45, 2.75) is 32.9 Å². The van der Waals surface area contributed by atoms with Gasteiger partial charge in [0.25, 0.3) is 0 Å². The van der Waals surface area contributed by atoms with E-state index < -0.39 is 0 Å². The highest BCUT2D eigenvalue weighted by atomic mass is 15.3. The minimum Gasteiger partial charge on any atom is -0.369 e. The van der Waals surface area contributed by atoms with Crippen LogP contribution in [0.25, 0.3) is 0 Å². The van der Waals surface area contributed by atoms with Crippen molar-refractivity contribution in [1.82, 2.24) is 9.78 Å². The molecular weight excluding hydrogens is 222 g/mol. The summed E-state index contributed by atoms with van der Waals surface area (Å²) in [6.07, 6.45) is 4.95. The Morgan fingerprint density at radius 3 is 2.56 bits per heavy atom. The van der Waals surface area contributed by atoms with Crippen LogP contribution in [0.4, 0.5) is 5.69 Å². The smallest absolute Gasteiger partial charge is 0.0489 e. The molecule has 2 aromatic rings. The number of para-hydroxylation sites is 1. The fraction of sp³-hybridized carbons (Fsp3) is 0.400. The monoisotopic (exact) mass is 243 g/mol. The van der Waals surface area contributed by atoms with Crippen LogP contribution in [0.2, 0.25) is 0 Å². The average molecular weight is 243 g/mol. The maximum absolute atomic E-state index is 4.23. The zero-order valence-electron chi connectivity index (χ0n) is 11.2. The van der Waals surface area contributed by atoms with Crippen LogP contribution in [0, 0.1) is 0 Å². The topological polar surface area (TPSA) is 21.1 Å². The molecule has 0 bridgehead atoms. The molecule has 0 aliphatic carbocycles. The summed E-state index contributed by atoms with van der Waals surface area (Å²) in [7, 11) is 0. The highest BCUT2D eigenvalue weighted by molar-refractivity contribution is 5.46. The maximum Gasteiger partial charge on any atom is 0.0489 e. The predicted octanol–water partition coefficient (Wildman–Crippen LogP) is 3.19. The first-order valence-corrected chi connectivity index (χ1v) is 6.56. The summed E-state index contributed by atoms with van der Waals surface area (Å²) in [6, 6.07) is 13.1. The number of rotatable bonds is 6. The van der Waals surface area contributed by atoms with E-state index in [2.05, 4.69) is 54.2 Å². The van der Waals surface area contributed by atoms with Gasteiger partial charge in [-0.3, -0.25) is 4.68 Å². The number of nitrogens with zero attached hydrogens (tertiary/aromatic N) is 3. The Labute approximate surface area is 109 Å². The Morgan fingerprint density at radius 2 is 1.94 bits per heavy atom. The molecule has 3 nitrogen and oxygen atoms in total. The van der Waals surface area contributed by atoms with Crippen molar-refractivity contribution in [1.29, 1.82) is 0 Å². The van der Waals surface area contributed by atoms with Gasteiger partial charge in [0.05, 0.1) is 0 Å². The molecule has 1 heterocycles. The fourth-order valence-corrected chi connectivity index (χ4v) is 2.14. The van der Waals surface area contributed by atoms with Crippen molar-refractivity contribution in [3.63, 3.8) is 0 Å². The van der Waals surface area contributed by atoms with E-state index in [1.165, 1.54) is 5.69 Å². The summed E-state index contributed by atoms with van der Waals surface area (Å²) < 4.78 is 1.99. The molecule has 0 fully saturated rings. The molecule has 1 aromatic heterocycles. The zero-order chi connectivity index (χ0) is 12.8. The van der Waals surface area contributed by atoms with Crippen molar-refractivity contribution in [3.8, 4) is 0 Å². The van der Waals surface area contributed by atoms with Crippen molar-refractivity contribution in [2.24, 2.45) is 0 Å². The molecule has 0 aliphatic rings. The van der Waals surface area contributed by atoms with E-state index >= 15 is 0 Å². The average Bonchev–Trinajstić information content (AvgIpc) is 2.88. The Bertz CT molecular complexity index is 434. The molecule has 0 spiro atoms. The molecule has 0 radical (unpaired) electrons. The molecule has 0 amide bonds. The molecule has 0 unspecified atom stereocenters. The van der Waals surface area contributed by atoms with E-state index in [9.17, 15) is 0 Å². The largest absolute Gasteiger partial charge is 0.369 e. The number of hydrogen-bond donors (Lipinski definition) is 0. The molecule has 0 aliphatic heterocycles. The number of aryl methyl sites for hydroxylation is 1. The summed E-state index contributed by atoms with van der Waals surface area (Å²) in [5, 5.41) is 4.23. The van der Waals surface area contributed by atoms with Crippen molar-refractivity contribution in [2.75, 3.05) is 11.4 Å². The summed E-state index contributed by atoms with van der Waals surface area (Å²) in [5.41, 5.74) is 1.30. The van der Waals surface area contributed by atoms with E-state index in [4.69, 9.17) is 0 Å². The summed E-state index contributed by atoms with van der Waals surface area (Å²) in [6.45, 7) is 6.51. The van der Waals surface area contributed by atoms with Gasteiger partial charge in [-0.1, -0.05) is 18.2 Å². The molecule has 0 saturated carbocycles. The van der Waals surface area contributed by atoms with Gasteiger partial charge < -0.3 is 4.90 Å². The standard InChI is InChI=1S/C15H21N3/c1-14(2)18(15-8-4-3-5-9-15)13-7-12-17-11-6-10-16-17/h3-6,8-11,14H,7,12-13H2,1-2H3. The van der Waals surface area contributed by atoms with Crippen LogP contribution in [0.5, 0.6) is 0 Å². The highest BCUT2D eigenvalue weighted by Crippen LogP contribution is 2.16. The fourth-order valence-electron chi connectivity index (χ4n) is 2.14. The number of anilines is 1. The van der Waals surface area contributed by atoms with Crippen molar-refractivity contribution < 1.29 is 0 Å². The van der Waals surface area contributed by atoms with Gasteiger partial charge in [-0.25, -0.2) is 0 Å². The maximum atomic E-state index is 4.23. The van der Waals surface area contributed by atoms with Crippen LogP contribution >= 0.6 is 0 Å². The molecule has 96 valence electrons. The van der Waals surface area contributed by atoms with Gasteiger partial charge in [0, 0.05) is 37.2 Å². The second kappa shape index (κ2) is 6.24. The molecule has 0 saturated heterocycles. The molecule has 0 atom stereocenters. The molecule has 3 heteroatoms. The lowest BCUT2D eigenvalue weighted by Crippen LogP contribution is -2.32. The minimum absolute atomic E-state index is 0.519. The Morgan fingerprint density at radius 1 is 1.17 bits per heavy atom. The lowest BCUT2D eigenvalue weighted by atomic mass is 10.2. The summed E-state index contributed by atoms with van der Waals surface area (Å²) in [5.74, 6) is 0. The minimum atomic E-state index is 0.519. The number of aromatic nitrogens is 2. The number of benzene rings is 1. The predicted molar refractivity (Wildman–Crippen MR) is 75.8 cm³/mol. The van der Waals surface area contributed by atoms with Crippen LogP contribution in [0.3, 0.4) is 0 Å². The molecule has 1 aromatic carbocycles. The van der Waals surface area contributed by atoms with Crippen molar-refractivity contribution in [3.05, 3.63) is 48.8 Å². The third kappa shape index (κ3) is 3.36. The van der Waals surface area contributed by atoms with Gasteiger partial charge in [0.1, 0.15) is 0 Å². The van der Waals surface area contributed by atoms with Gasteiger partial charge >= 0.3 is 0 Å². The van der Waals surface area contributed by atoms with Crippen LogP contribution in [0.15, 0.2) is 48.8 Å². The van der Waals surface area contributed by atoms with E-state index in [1.807, 2.05) is 23.1 Å². The second-order valence-electron chi connectivity index (χ2n) is 4.75. The Kier molecular flexibility index (Phi) is 4.40. The van der Waals surface area contributed by atoms with E-state index in [1.54, 1.807) is 0 Å². The van der Waals surface area contributed by atoms with Gasteiger partial charge in [0.15, 0.2) is 0 Å². The third-order valence-corrected chi connectivity index (χ3v) is 3.06. The summed E-state index contributed by atoms with van der Waals surface area (Å²) in [4.78, 5) is 2.43. The first-order valence-electron chi connectivity index (χ1n) is 6.56. The second-order valence-corrected chi connectivity index (χ2v) is 4.75. The van der Waals surface area contributed by atoms with Crippen LogP contribution in [0.1, 0.15) is 20.3 Å². The first kappa shape index (κ1) is 12.7. The molecule has 0 N–H and O–H groups in total. The Hall–Kier alpha value is -1.77. The molecule has 2 rings (SSSR count). The van der Waals surface area contributed by atoms with Crippen LogP contribution in [-0.4, -0.2) is 22.4 Å². The normalized spacial score (nSPS) is 10.8. The quantitative estimate of drug-likeness (QED) is 0.777. The Balaban J connectivity index is 1.91. The van der Waals surface area contributed by atoms with Crippen molar-refractivity contribution >= 4 is 5.69 Å². The van der Waals surface area contributed by atoms with Gasteiger partial charge in [-0.2, -0.15) is 5.10 Å². The van der Waals surface area contributed by atoms with Gasteiger partial charge in [-0.15, -0.1) is 0 Å². The zero-order valence-corrected chi connectivity index (χ0v) is 11.2. The number of hydrogen-bond acceptors (Lipinski definition) is 2. The van der Waals surface area contributed by atoms with E-state index in [0.29, 0.717) is 6.04 Å². The van der Waals surface area contributed by atoms with Gasteiger partial charge in [0.2, 0.25) is 0 Å². The highest BCUT2D eigenvalue weighted by Gasteiger charge is 2.09. The van der Waals surface area contributed by atoms with Crippen LogP contribution < -0.4 is 4.90 Å². The van der Waals surface area contributed by atoms with E-state index in [-0.39, 0.29) is 0 Å². The van der Waals surface area contributed by atoms with Crippen LogP contribution in [-0.2, 0) is 6.54 Å². The third-order valence-electron chi connectivity index (χ3n) is 3.06. The lowest BCUT2D eigenvalue weighted by Gasteiger charge is -2.29. The molecule has 18 heavy (non-hydrogen) atoms. The SMILES string of the molecule is CC(C)N(CCCn1cccn1)c1ccccc1. The van der Waals surface area contributed by atoms with Gasteiger partial charge in [-0.05, 0) is 38.5 Å². The summed E-state index contributed by atoms with van der Waals surface area (Å²) >= 11 is 0. The molecular formula is C15H21N3. The lowest BCUT2D eigenvalue weighted by molar-refractivity contribution is 0.554. The van der Waals surface area contributed by atoms with E-state index in [0.717, 1.165) is 19.5 Å². The first-order chi connectivity index (χ1) is 8.77.